The molecule has 1 N–H and O–H groups in total. The van der Waals surface area contributed by atoms with Crippen LogP contribution in [0.15, 0.2) is 82.3 Å². The lowest BCUT2D eigenvalue weighted by molar-refractivity contribution is 0.0923. The van der Waals surface area contributed by atoms with Gasteiger partial charge in [0.1, 0.15) is 30.5 Å². The lowest BCUT2D eigenvalue weighted by atomic mass is 10.2. The number of benzene rings is 2. The van der Waals surface area contributed by atoms with Crippen LogP contribution in [0.4, 0.5) is 0 Å². The highest BCUT2D eigenvalue weighted by Gasteiger charge is 2.11. The molecule has 7 heteroatoms. The van der Waals surface area contributed by atoms with Crippen molar-refractivity contribution >= 4 is 12.1 Å². The molecular formula is C28H25N3O4. The van der Waals surface area contributed by atoms with Gasteiger partial charge in [0, 0.05) is 17.1 Å². The molecule has 0 saturated carbocycles. The molecule has 0 atom stereocenters. The van der Waals surface area contributed by atoms with Gasteiger partial charge in [-0.15, -0.1) is 6.42 Å². The monoisotopic (exact) mass is 467 g/mol. The number of carbonyl (C=O) groups excluding carboxylic acids is 1. The first-order valence-corrected chi connectivity index (χ1v) is 11.0. The molecule has 0 saturated heterocycles. The minimum atomic E-state index is -0.464. The Labute approximate surface area is 204 Å². The molecule has 0 aliphatic heterocycles. The number of nitrogens with one attached hydrogen (secondary N) is 1. The molecule has 0 spiro atoms. The second kappa shape index (κ2) is 10.9. The van der Waals surface area contributed by atoms with E-state index in [-0.39, 0.29) is 19.0 Å². The maximum absolute atomic E-state index is 12.3. The Bertz CT molecular complexity index is 1350. The molecule has 0 aliphatic rings. The standard InChI is InChI=1S/C28H25N3O4/c1-4-16-33-25-7-5-6-22(17-25)18-29-30-28(32)27-15-14-26(35-27)19-34-24-12-10-23(11-13-24)31-20(2)8-9-21(31)3/h1,5-15,17-18H,16,19H2,2-3H3,(H,30,32). The van der Waals surface area contributed by atoms with Gasteiger partial charge < -0.3 is 18.5 Å². The fourth-order valence-corrected chi connectivity index (χ4v) is 3.53. The van der Waals surface area contributed by atoms with Gasteiger partial charge >= 0.3 is 5.91 Å². The number of nitrogens with zero attached hydrogens (tertiary/aromatic N) is 2. The van der Waals surface area contributed by atoms with Gasteiger partial charge in [-0.25, -0.2) is 5.43 Å². The Morgan fingerprint density at radius 1 is 1.03 bits per heavy atom. The third kappa shape index (κ3) is 6.01. The number of hydrazone groups is 1. The Morgan fingerprint density at radius 3 is 2.54 bits per heavy atom. The molecule has 35 heavy (non-hydrogen) atoms. The van der Waals surface area contributed by atoms with Crippen LogP contribution >= 0.6 is 0 Å². The van der Waals surface area contributed by atoms with Gasteiger partial charge in [-0.2, -0.15) is 5.10 Å². The van der Waals surface area contributed by atoms with Gasteiger partial charge in [0.2, 0.25) is 0 Å². The Kier molecular flexibility index (Phi) is 7.34. The van der Waals surface area contributed by atoms with Gasteiger partial charge in [0.25, 0.3) is 0 Å². The summed E-state index contributed by atoms with van der Waals surface area (Å²) in [6, 6.07) is 22.5. The average Bonchev–Trinajstić information content (AvgIpc) is 3.48. The first-order valence-electron chi connectivity index (χ1n) is 11.0. The quantitative estimate of drug-likeness (QED) is 0.212. The third-order valence-electron chi connectivity index (χ3n) is 5.19. The van der Waals surface area contributed by atoms with Crippen molar-refractivity contribution < 1.29 is 18.7 Å². The fraction of sp³-hybridized carbons (Fsp3) is 0.143. The summed E-state index contributed by atoms with van der Waals surface area (Å²) in [5, 5.41) is 3.97. The number of ether oxygens (including phenoxy) is 2. The Hall–Kier alpha value is -4.70. The molecule has 4 aromatic rings. The number of furan rings is 1. The van der Waals surface area contributed by atoms with Crippen molar-refractivity contribution in [3.05, 3.63) is 101 Å². The first-order chi connectivity index (χ1) is 17.0. The van der Waals surface area contributed by atoms with Crippen LogP contribution in [0.1, 0.15) is 33.3 Å². The van der Waals surface area contributed by atoms with E-state index < -0.39 is 5.91 Å². The molecule has 7 nitrogen and oxygen atoms in total. The van der Waals surface area contributed by atoms with E-state index in [0.717, 1.165) is 11.3 Å². The van der Waals surface area contributed by atoms with Crippen LogP contribution in [0.25, 0.3) is 5.69 Å². The van der Waals surface area contributed by atoms with Crippen molar-refractivity contribution in [1.29, 1.82) is 0 Å². The van der Waals surface area contributed by atoms with Crippen molar-refractivity contribution in [3.8, 4) is 29.5 Å². The molecule has 176 valence electrons. The van der Waals surface area contributed by atoms with Crippen LogP contribution in [-0.2, 0) is 6.61 Å². The van der Waals surface area contributed by atoms with Crippen molar-refractivity contribution in [2.45, 2.75) is 20.5 Å². The van der Waals surface area contributed by atoms with Gasteiger partial charge in [0.05, 0.1) is 6.21 Å². The number of aryl methyl sites for hydroxylation is 2. The summed E-state index contributed by atoms with van der Waals surface area (Å²) in [5.41, 5.74) is 6.61. The minimum Gasteiger partial charge on any atom is -0.486 e. The number of hydrogen-bond donors (Lipinski definition) is 1. The van der Waals surface area contributed by atoms with Gasteiger partial charge in [-0.3, -0.25) is 4.79 Å². The molecule has 2 aromatic carbocycles. The number of terminal acetylenes is 1. The Balaban J connectivity index is 1.29. The van der Waals surface area contributed by atoms with E-state index in [2.05, 4.69) is 47.0 Å². The molecule has 4 rings (SSSR count). The van der Waals surface area contributed by atoms with Crippen molar-refractivity contribution in [1.82, 2.24) is 9.99 Å². The summed E-state index contributed by atoms with van der Waals surface area (Å²) in [6.45, 7) is 4.52. The molecule has 0 aliphatic carbocycles. The van der Waals surface area contributed by atoms with Crippen molar-refractivity contribution in [3.63, 3.8) is 0 Å². The van der Waals surface area contributed by atoms with Crippen molar-refractivity contribution in [2.24, 2.45) is 5.10 Å². The van der Waals surface area contributed by atoms with E-state index in [1.165, 1.54) is 17.6 Å². The van der Waals surface area contributed by atoms with Crippen LogP contribution in [0.2, 0.25) is 0 Å². The maximum Gasteiger partial charge on any atom is 0.307 e. The van der Waals surface area contributed by atoms with Gasteiger partial charge in [-0.1, -0.05) is 18.1 Å². The number of aromatic nitrogens is 1. The topological polar surface area (TPSA) is 78.0 Å². The van der Waals surface area contributed by atoms with E-state index >= 15 is 0 Å². The number of carbonyl (C=O) groups is 1. The normalized spacial score (nSPS) is 10.8. The summed E-state index contributed by atoms with van der Waals surface area (Å²) in [6.07, 6.45) is 6.71. The predicted octanol–water partition coefficient (Wildman–Crippen LogP) is 5.04. The average molecular weight is 468 g/mol. The van der Waals surface area contributed by atoms with Crippen LogP contribution in [0.5, 0.6) is 11.5 Å². The first kappa shape index (κ1) is 23.5. The second-order valence-electron chi connectivity index (χ2n) is 7.76. The summed E-state index contributed by atoms with van der Waals surface area (Å²) >= 11 is 0. The highest BCUT2D eigenvalue weighted by molar-refractivity contribution is 5.92. The largest absolute Gasteiger partial charge is 0.486 e. The number of hydrogen-bond acceptors (Lipinski definition) is 5. The highest BCUT2D eigenvalue weighted by atomic mass is 16.5. The smallest absolute Gasteiger partial charge is 0.307 e. The summed E-state index contributed by atoms with van der Waals surface area (Å²) < 4.78 is 18.9. The summed E-state index contributed by atoms with van der Waals surface area (Å²) in [5.74, 6) is 3.94. The molecule has 2 heterocycles. The van der Waals surface area contributed by atoms with E-state index in [4.69, 9.17) is 20.3 Å². The zero-order chi connectivity index (χ0) is 24.6. The zero-order valence-electron chi connectivity index (χ0n) is 19.5. The predicted molar refractivity (Wildman–Crippen MR) is 134 cm³/mol. The molecule has 1 amide bonds. The van der Waals surface area contributed by atoms with Gasteiger partial charge in [-0.05, 0) is 80.1 Å². The molecule has 0 bridgehead atoms. The molecular weight excluding hydrogens is 442 g/mol. The SMILES string of the molecule is C#CCOc1cccc(C=NNC(=O)c2ccc(COc3ccc(-n4c(C)ccc4C)cc3)o2)c1. The minimum absolute atomic E-state index is 0.140. The van der Waals surface area contributed by atoms with Crippen LogP contribution in [0, 0.1) is 26.2 Å². The number of rotatable bonds is 9. The van der Waals surface area contributed by atoms with E-state index in [1.54, 1.807) is 24.3 Å². The second-order valence-corrected chi connectivity index (χ2v) is 7.76. The fourth-order valence-electron chi connectivity index (χ4n) is 3.53. The Morgan fingerprint density at radius 2 is 1.80 bits per heavy atom. The van der Waals surface area contributed by atoms with E-state index in [9.17, 15) is 4.79 Å². The summed E-state index contributed by atoms with van der Waals surface area (Å²) in [4.78, 5) is 12.3. The highest BCUT2D eigenvalue weighted by Crippen LogP contribution is 2.21. The molecule has 2 aromatic heterocycles. The van der Waals surface area contributed by atoms with E-state index in [1.807, 2.05) is 36.4 Å². The van der Waals surface area contributed by atoms with Crippen LogP contribution < -0.4 is 14.9 Å². The maximum atomic E-state index is 12.3. The van der Waals surface area contributed by atoms with Crippen molar-refractivity contribution in [2.75, 3.05) is 6.61 Å². The third-order valence-corrected chi connectivity index (χ3v) is 5.19. The van der Waals surface area contributed by atoms with E-state index in [0.29, 0.717) is 17.3 Å². The van der Waals surface area contributed by atoms with Crippen LogP contribution in [-0.4, -0.2) is 23.3 Å². The lowest BCUT2D eigenvalue weighted by Crippen LogP contribution is -2.16. The molecule has 0 radical (unpaired) electrons. The lowest BCUT2D eigenvalue weighted by Gasteiger charge is -2.10. The summed E-state index contributed by atoms with van der Waals surface area (Å²) in [7, 11) is 0. The van der Waals surface area contributed by atoms with Crippen LogP contribution in [0.3, 0.4) is 0 Å². The molecule has 0 unspecified atom stereocenters. The number of amides is 1. The van der Waals surface area contributed by atoms with Gasteiger partial charge in [0.15, 0.2) is 5.76 Å². The zero-order valence-corrected chi connectivity index (χ0v) is 19.5. The molecule has 0 fully saturated rings.